The van der Waals surface area contributed by atoms with Gasteiger partial charge in [-0.1, -0.05) is 19.1 Å². The van der Waals surface area contributed by atoms with Crippen LogP contribution in [0.2, 0.25) is 0 Å². The number of hydrogen-bond donors (Lipinski definition) is 1. The standard InChI is InChI=1S/C15H20N2OS/c1-4-16-9-13-5-7-14(8-6-13)18-10-15-17-11(2)12(3)19-15/h5-8,16H,4,9-10H2,1-3H3. The fourth-order valence-electron chi connectivity index (χ4n) is 1.72. The normalized spacial score (nSPS) is 10.7. The van der Waals surface area contributed by atoms with E-state index in [1.807, 2.05) is 19.1 Å². The van der Waals surface area contributed by atoms with Gasteiger partial charge in [0.2, 0.25) is 0 Å². The second kappa shape index (κ2) is 6.68. The molecule has 102 valence electrons. The molecule has 0 radical (unpaired) electrons. The molecule has 0 aliphatic heterocycles. The summed E-state index contributed by atoms with van der Waals surface area (Å²) in [7, 11) is 0. The zero-order valence-electron chi connectivity index (χ0n) is 11.7. The zero-order chi connectivity index (χ0) is 13.7. The Kier molecular flexibility index (Phi) is 4.93. The first-order chi connectivity index (χ1) is 9.19. The van der Waals surface area contributed by atoms with Crippen molar-refractivity contribution in [2.75, 3.05) is 6.54 Å². The van der Waals surface area contributed by atoms with Crippen LogP contribution in [0.4, 0.5) is 0 Å². The lowest BCUT2D eigenvalue weighted by Crippen LogP contribution is -2.11. The summed E-state index contributed by atoms with van der Waals surface area (Å²) in [5.41, 5.74) is 2.37. The molecule has 2 rings (SSSR count). The highest BCUT2D eigenvalue weighted by Gasteiger charge is 2.04. The van der Waals surface area contributed by atoms with Gasteiger partial charge in [-0.3, -0.25) is 0 Å². The van der Waals surface area contributed by atoms with Crippen LogP contribution >= 0.6 is 11.3 Å². The molecule has 4 heteroatoms. The number of thiazole rings is 1. The molecule has 1 aromatic carbocycles. The van der Waals surface area contributed by atoms with E-state index >= 15 is 0 Å². The van der Waals surface area contributed by atoms with Crippen LogP contribution < -0.4 is 10.1 Å². The van der Waals surface area contributed by atoms with Crippen molar-refractivity contribution in [1.82, 2.24) is 10.3 Å². The SMILES string of the molecule is CCNCc1ccc(OCc2nc(C)c(C)s2)cc1. The maximum absolute atomic E-state index is 5.75. The molecule has 3 nitrogen and oxygen atoms in total. The van der Waals surface area contributed by atoms with Gasteiger partial charge in [0, 0.05) is 11.4 Å². The molecule has 1 aromatic heterocycles. The summed E-state index contributed by atoms with van der Waals surface area (Å²) in [4.78, 5) is 5.73. The van der Waals surface area contributed by atoms with Crippen molar-refractivity contribution in [2.24, 2.45) is 0 Å². The Morgan fingerprint density at radius 3 is 2.53 bits per heavy atom. The molecule has 0 unspecified atom stereocenters. The summed E-state index contributed by atoms with van der Waals surface area (Å²) >= 11 is 1.70. The Balaban J connectivity index is 1.89. The number of nitrogens with zero attached hydrogens (tertiary/aromatic N) is 1. The third-order valence-electron chi connectivity index (χ3n) is 2.94. The predicted molar refractivity (Wildman–Crippen MR) is 79.7 cm³/mol. The third kappa shape index (κ3) is 4.04. The van der Waals surface area contributed by atoms with E-state index in [-0.39, 0.29) is 0 Å². The molecule has 0 saturated heterocycles. The number of aromatic nitrogens is 1. The van der Waals surface area contributed by atoms with Gasteiger partial charge in [-0.2, -0.15) is 0 Å². The predicted octanol–water partition coefficient (Wildman–Crippen LogP) is 3.45. The second-order valence-corrected chi connectivity index (χ2v) is 5.75. The molecule has 0 saturated carbocycles. The van der Waals surface area contributed by atoms with E-state index in [0.29, 0.717) is 6.61 Å². The molecule has 0 bridgehead atoms. The molecule has 0 fully saturated rings. The minimum atomic E-state index is 0.548. The topological polar surface area (TPSA) is 34.1 Å². The van der Waals surface area contributed by atoms with Crippen molar-refractivity contribution in [2.45, 2.75) is 33.9 Å². The van der Waals surface area contributed by atoms with Crippen molar-refractivity contribution in [3.8, 4) is 5.75 Å². The smallest absolute Gasteiger partial charge is 0.140 e. The summed E-state index contributed by atoms with van der Waals surface area (Å²) < 4.78 is 5.75. The monoisotopic (exact) mass is 276 g/mol. The summed E-state index contributed by atoms with van der Waals surface area (Å²) in [5.74, 6) is 0.894. The van der Waals surface area contributed by atoms with Crippen molar-refractivity contribution >= 4 is 11.3 Å². The summed E-state index contributed by atoms with van der Waals surface area (Å²) in [6.45, 7) is 8.67. The van der Waals surface area contributed by atoms with Crippen LogP contribution in [0, 0.1) is 13.8 Å². The molecule has 0 aliphatic carbocycles. The van der Waals surface area contributed by atoms with Crippen LogP contribution in [-0.2, 0) is 13.2 Å². The summed E-state index contributed by atoms with van der Waals surface area (Å²) in [6.07, 6.45) is 0. The fraction of sp³-hybridized carbons (Fsp3) is 0.400. The largest absolute Gasteiger partial charge is 0.486 e. The van der Waals surface area contributed by atoms with E-state index in [4.69, 9.17) is 4.74 Å². The number of benzene rings is 1. The highest BCUT2D eigenvalue weighted by molar-refractivity contribution is 7.11. The molecule has 2 aromatic rings. The van der Waals surface area contributed by atoms with Gasteiger partial charge in [-0.15, -0.1) is 11.3 Å². The number of nitrogens with one attached hydrogen (secondary N) is 1. The molecule has 1 heterocycles. The van der Waals surface area contributed by atoms with E-state index in [0.717, 1.165) is 29.5 Å². The van der Waals surface area contributed by atoms with Crippen LogP contribution in [0.1, 0.15) is 28.1 Å². The third-order valence-corrected chi connectivity index (χ3v) is 3.98. The molecule has 0 atom stereocenters. The molecule has 0 spiro atoms. The van der Waals surface area contributed by atoms with Crippen molar-refractivity contribution < 1.29 is 4.74 Å². The minimum Gasteiger partial charge on any atom is -0.486 e. The van der Waals surface area contributed by atoms with Gasteiger partial charge < -0.3 is 10.1 Å². The highest BCUT2D eigenvalue weighted by atomic mass is 32.1. The first-order valence-corrected chi connectivity index (χ1v) is 7.36. The van der Waals surface area contributed by atoms with Crippen LogP contribution in [0.5, 0.6) is 5.75 Å². The Bertz CT molecular complexity index is 500. The van der Waals surface area contributed by atoms with Gasteiger partial charge in [0.1, 0.15) is 17.4 Å². The molecule has 1 N–H and O–H groups in total. The van der Waals surface area contributed by atoms with Gasteiger partial charge in [0.15, 0.2) is 0 Å². The first-order valence-electron chi connectivity index (χ1n) is 6.54. The average molecular weight is 276 g/mol. The lowest BCUT2D eigenvalue weighted by atomic mass is 10.2. The summed E-state index contributed by atoms with van der Waals surface area (Å²) in [5, 5.41) is 4.34. The van der Waals surface area contributed by atoms with Gasteiger partial charge in [-0.25, -0.2) is 4.98 Å². The summed E-state index contributed by atoms with van der Waals surface area (Å²) in [6, 6.07) is 8.21. The second-order valence-electron chi connectivity index (χ2n) is 4.46. The Morgan fingerprint density at radius 1 is 1.21 bits per heavy atom. The molecular weight excluding hydrogens is 256 g/mol. The number of hydrogen-bond acceptors (Lipinski definition) is 4. The fourth-order valence-corrected chi connectivity index (χ4v) is 2.57. The lowest BCUT2D eigenvalue weighted by Gasteiger charge is -2.06. The first kappa shape index (κ1) is 14.0. The van der Waals surface area contributed by atoms with Gasteiger partial charge >= 0.3 is 0 Å². The van der Waals surface area contributed by atoms with Crippen LogP contribution in [0.15, 0.2) is 24.3 Å². The maximum Gasteiger partial charge on any atom is 0.140 e. The lowest BCUT2D eigenvalue weighted by molar-refractivity contribution is 0.305. The van der Waals surface area contributed by atoms with Gasteiger partial charge in [0.25, 0.3) is 0 Å². The molecule has 0 amide bonds. The van der Waals surface area contributed by atoms with Crippen LogP contribution in [0.3, 0.4) is 0 Å². The van der Waals surface area contributed by atoms with E-state index < -0.39 is 0 Å². The van der Waals surface area contributed by atoms with Crippen LogP contribution in [-0.4, -0.2) is 11.5 Å². The van der Waals surface area contributed by atoms with E-state index in [1.54, 1.807) is 11.3 Å². The van der Waals surface area contributed by atoms with E-state index in [2.05, 4.69) is 36.3 Å². The highest BCUT2D eigenvalue weighted by Crippen LogP contribution is 2.19. The minimum absolute atomic E-state index is 0.548. The van der Waals surface area contributed by atoms with Crippen molar-refractivity contribution in [3.05, 3.63) is 45.4 Å². The Morgan fingerprint density at radius 2 is 1.95 bits per heavy atom. The van der Waals surface area contributed by atoms with E-state index in [1.165, 1.54) is 10.4 Å². The quantitative estimate of drug-likeness (QED) is 0.877. The number of ether oxygens (including phenoxy) is 1. The van der Waals surface area contributed by atoms with Crippen molar-refractivity contribution in [1.29, 1.82) is 0 Å². The maximum atomic E-state index is 5.75. The van der Waals surface area contributed by atoms with Crippen LogP contribution in [0.25, 0.3) is 0 Å². The Hall–Kier alpha value is -1.39. The van der Waals surface area contributed by atoms with Gasteiger partial charge in [-0.05, 0) is 38.1 Å². The zero-order valence-corrected chi connectivity index (χ0v) is 12.5. The van der Waals surface area contributed by atoms with Crippen molar-refractivity contribution in [3.63, 3.8) is 0 Å². The van der Waals surface area contributed by atoms with E-state index in [9.17, 15) is 0 Å². The molecule has 0 aliphatic rings. The number of aryl methyl sites for hydroxylation is 2. The van der Waals surface area contributed by atoms with Gasteiger partial charge in [0.05, 0.1) is 5.69 Å². The average Bonchev–Trinajstić information content (AvgIpc) is 2.74. The Labute approximate surface area is 118 Å². The molecular formula is C15H20N2OS. The number of rotatable bonds is 6. The molecule has 19 heavy (non-hydrogen) atoms.